The third kappa shape index (κ3) is 4.50. The molecule has 0 atom stereocenters. The number of hydrogen-bond acceptors (Lipinski definition) is 4. The first kappa shape index (κ1) is 14.7. The summed E-state index contributed by atoms with van der Waals surface area (Å²) in [6.07, 6.45) is 1.14. The van der Waals surface area contributed by atoms with Crippen molar-refractivity contribution in [3.8, 4) is 5.75 Å². The molecule has 0 aliphatic rings. The van der Waals surface area contributed by atoms with E-state index in [1.165, 1.54) is 19.2 Å². The first-order chi connectivity index (χ1) is 8.48. The molecule has 3 N–H and O–H groups in total. The van der Waals surface area contributed by atoms with Crippen LogP contribution >= 0.6 is 0 Å². The van der Waals surface area contributed by atoms with Crippen LogP contribution in [0.5, 0.6) is 5.75 Å². The van der Waals surface area contributed by atoms with Crippen molar-refractivity contribution < 1.29 is 17.5 Å². The second kappa shape index (κ2) is 6.55. The molecule has 1 aromatic rings. The van der Waals surface area contributed by atoms with Crippen molar-refractivity contribution >= 4 is 15.7 Å². The molecular formula is C11H17FN2O3S. The van der Waals surface area contributed by atoms with Crippen LogP contribution in [-0.4, -0.2) is 27.8 Å². The molecule has 7 heteroatoms. The number of hydrogen-bond donors (Lipinski definition) is 2. The van der Waals surface area contributed by atoms with Crippen molar-refractivity contribution in [2.24, 2.45) is 5.73 Å². The lowest BCUT2D eigenvalue weighted by atomic mass is 10.3. The first-order valence-electron chi connectivity index (χ1n) is 5.52. The van der Waals surface area contributed by atoms with Crippen molar-refractivity contribution in [1.29, 1.82) is 0 Å². The minimum atomic E-state index is -3.43. The van der Waals surface area contributed by atoms with Gasteiger partial charge in [0.15, 0.2) is 11.6 Å². The third-order valence-electron chi connectivity index (χ3n) is 2.29. The van der Waals surface area contributed by atoms with Gasteiger partial charge in [-0.15, -0.1) is 0 Å². The lowest BCUT2D eigenvalue weighted by Crippen LogP contribution is -2.17. The number of anilines is 1. The molecule has 0 aliphatic carbocycles. The fourth-order valence-corrected chi connectivity index (χ4v) is 2.56. The second-order valence-electron chi connectivity index (χ2n) is 3.77. The van der Waals surface area contributed by atoms with Crippen LogP contribution in [0.1, 0.15) is 12.8 Å². The molecule has 0 saturated heterocycles. The molecule has 1 rings (SSSR count). The van der Waals surface area contributed by atoms with Gasteiger partial charge in [-0.25, -0.2) is 12.8 Å². The Balaban J connectivity index is 2.72. The van der Waals surface area contributed by atoms with Gasteiger partial charge in [0.05, 0.1) is 18.6 Å². The molecule has 0 unspecified atom stereocenters. The van der Waals surface area contributed by atoms with Crippen LogP contribution in [-0.2, 0) is 10.0 Å². The highest BCUT2D eigenvalue weighted by atomic mass is 32.2. The fourth-order valence-electron chi connectivity index (χ4n) is 1.39. The van der Waals surface area contributed by atoms with Crippen LogP contribution in [0.25, 0.3) is 0 Å². The molecule has 0 bridgehead atoms. The Bertz CT molecular complexity index is 491. The summed E-state index contributed by atoms with van der Waals surface area (Å²) in [5.41, 5.74) is 5.57. The van der Waals surface area contributed by atoms with Crippen molar-refractivity contribution in [1.82, 2.24) is 0 Å². The van der Waals surface area contributed by atoms with Crippen molar-refractivity contribution in [3.05, 3.63) is 24.0 Å². The smallest absolute Gasteiger partial charge is 0.232 e. The van der Waals surface area contributed by atoms with Crippen molar-refractivity contribution in [2.45, 2.75) is 12.8 Å². The predicted octanol–water partition coefficient (Wildman–Crippen LogP) is 1.31. The number of unbranched alkanes of at least 4 members (excludes halogenated alkanes) is 1. The van der Waals surface area contributed by atoms with Gasteiger partial charge in [0.1, 0.15) is 0 Å². The standard InChI is InChI=1S/C11H17FN2O3S/c1-17-11-8-9(4-5-10(11)12)14-18(15,16)7-3-2-6-13/h4-5,8,14H,2-3,6-7,13H2,1H3. The van der Waals surface area contributed by atoms with Gasteiger partial charge < -0.3 is 10.5 Å². The van der Waals surface area contributed by atoms with Crippen molar-refractivity contribution in [3.63, 3.8) is 0 Å². The summed E-state index contributed by atoms with van der Waals surface area (Å²) in [4.78, 5) is 0. The van der Waals surface area contributed by atoms with E-state index in [2.05, 4.69) is 4.72 Å². The summed E-state index contributed by atoms with van der Waals surface area (Å²) in [6, 6.07) is 3.80. The molecule has 0 heterocycles. The van der Waals surface area contributed by atoms with Crippen LogP contribution in [0.2, 0.25) is 0 Å². The molecular weight excluding hydrogens is 259 g/mol. The Kier molecular flexibility index (Phi) is 5.36. The Morgan fingerprint density at radius 1 is 1.39 bits per heavy atom. The maximum absolute atomic E-state index is 13.1. The summed E-state index contributed by atoms with van der Waals surface area (Å²) in [7, 11) is -2.11. The number of nitrogens with two attached hydrogens (primary N) is 1. The summed E-state index contributed by atoms with van der Waals surface area (Å²) in [5, 5.41) is 0. The van der Waals surface area contributed by atoms with E-state index in [4.69, 9.17) is 10.5 Å². The Morgan fingerprint density at radius 3 is 2.72 bits per heavy atom. The minimum absolute atomic E-state index is 0.00263. The fraction of sp³-hybridized carbons (Fsp3) is 0.455. The number of rotatable bonds is 7. The number of sulfonamides is 1. The van der Waals surface area contributed by atoms with E-state index >= 15 is 0 Å². The predicted molar refractivity (Wildman–Crippen MR) is 68.6 cm³/mol. The van der Waals surface area contributed by atoms with Gasteiger partial charge in [0.25, 0.3) is 0 Å². The topological polar surface area (TPSA) is 81.4 Å². The van der Waals surface area contributed by atoms with Gasteiger partial charge in [-0.3, -0.25) is 4.72 Å². The lowest BCUT2D eigenvalue weighted by Gasteiger charge is -2.09. The number of benzene rings is 1. The molecule has 0 radical (unpaired) electrons. The molecule has 0 aromatic heterocycles. The van der Waals surface area contributed by atoms with E-state index in [1.54, 1.807) is 0 Å². The van der Waals surface area contributed by atoms with Crippen LogP contribution in [0.15, 0.2) is 18.2 Å². The number of ether oxygens (including phenoxy) is 1. The molecule has 0 fully saturated rings. The van der Waals surface area contributed by atoms with Gasteiger partial charge in [0, 0.05) is 6.07 Å². The van der Waals surface area contributed by atoms with Crippen LogP contribution in [0.4, 0.5) is 10.1 Å². The summed E-state index contributed by atoms with van der Waals surface area (Å²) in [6.45, 7) is 0.458. The Morgan fingerprint density at radius 2 is 2.11 bits per heavy atom. The molecule has 0 aliphatic heterocycles. The molecule has 0 amide bonds. The van der Waals surface area contributed by atoms with Crippen LogP contribution in [0.3, 0.4) is 0 Å². The molecule has 0 spiro atoms. The second-order valence-corrected chi connectivity index (χ2v) is 5.61. The zero-order chi connectivity index (χ0) is 13.6. The van der Waals surface area contributed by atoms with E-state index in [0.717, 1.165) is 6.07 Å². The molecule has 0 saturated carbocycles. The number of methoxy groups -OCH3 is 1. The van der Waals surface area contributed by atoms with Gasteiger partial charge in [-0.05, 0) is 31.5 Å². The lowest BCUT2D eigenvalue weighted by molar-refractivity contribution is 0.387. The normalized spacial score (nSPS) is 11.3. The van der Waals surface area contributed by atoms with E-state index < -0.39 is 15.8 Å². The van der Waals surface area contributed by atoms with Gasteiger partial charge in [-0.1, -0.05) is 0 Å². The highest BCUT2D eigenvalue weighted by molar-refractivity contribution is 7.92. The van der Waals surface area contributed by atoms with E-state index in [9.17, 15) is 12.8 Å². The zero-order valence-electron chi connectivity index (χ0n) is 10.1. The Hall–Kier alpha value is -1.34. The third-order valence-corrected chi connectivity index (χ3v) is 3.66. The molecule has 1 aromatic carbocycles. The van der Waals surface area contributed by atoms with Crippen LogP contribution in [0, 0.1) is 5.82 Å². The average Bonchev–Trinajstić information content (AvgIpc) is 2.31. The minimum Gasteiger partial charge on any atom is -0.494 e. The summed E-state index contributed by atoms with van der Waals surface area (Å²) >= 11 is 0. The molecule has 18 heavy (non-hydrogen) atoms. The van der Waals surface area contributed by atoms with Gasteiger partial charge in [0.2, 0.25) is 10.0 Å². The SMILES string of the molecule is COc1cc(NS(=O)(=O)CCCCN)ccc1F. The van der Waals surface area contributed by atoms with E-state index in [0.29, 0.717) is 19.4 Å². The highest BCUT2D eigenvalue weighted by Gasteiger charge is 2.11. The largest absolute Gasteiger partial charge is 0.494 e. The highest BCUT2D eigenvalue weighted by Crippen LogP contribution is 2.22. The Labute approximate surface area is 106 Å². The van der Waals surface area contributed by atoms with Gasteiger partial charge in [-0.2, -0.15) is 0 Å². The zero-order valence-corrected chi connectivity index (χ0v) is 11.0. The maximum atomic E-state index is 13.1. The van der Waals surface area contributed by atoms with Gasteiger partial charge >= 0.3 is 0 Å². The number of halogens is 1. The van der Waals surface area contributed by atoms with E-state index in [1.807, 2.05) is 0 Å². The monoisotopic (exact) mass is 276 g/mol. The van der Waals surface area contributed by atoms with Crippen LogP contribution < -0.4 is 15.2 Å². The molecule has 102 valence electrons. The molecule has 5 nitrogen and oxygen atoms in total. The van der Waals surface area contributed by atoms with E-state index in [-0.39, 0.29) is 17.2 Å². The number of nitrogens with one attached hydrogen (secondary N) is 1. The summed E-state index contributed by atoms with van der Waals surface area (Å²) in [5.74, 6) is -0.551. The van der Waals surface area contributed by atoms with Crippen molar-refractivity contribution in [2.75, 3.05) is 24.1 Å². The average molecular weight is 276 g/mol. The maximum Gasteiger partial charge on any atom is 0.232 e. The first-order valence-corrected chi connectivity index (χ1v) is 7.18. The summed E-state index contributed by atoms with van der Waals surface area (Å²) < 4.78 is 43.6. The quantitative estimate of drug-likeness (QED) is 0.736.